The van der Waals surface area contributed by atoms with E-state index in [1.54, 1.807) is 14.2 Å². The van der Waals surface area contributed by atoms with Crippen LogP contribution in [0, 0.1) is 0 Å². The van der Waals surface area contributed by atoms with Crippen LogP contribution in [0.15, 0.2) is 78.9 Å². The molecule has 1 heterocycles. The molecule has 0 radical (unpaired) electrons. The van der Waals surface area contributed by atoms with Crippen LogP contribution in [0.3, 0.4) is 0 Å². The second-order valence-corrected chi connectivity index (χ2v) is 8.87. The van der Waals surface area contributed by atoms with Crippen molar-refractivity contribution < 1.29 is 9.47 Å². The first-order valence-corrected chi connectivity index (χ1v) is 12.0. The number of rotatable bonds is 8. The third-order valence-electron chi connectivity index (χ3n) is 7.05. The lowest BCUT2D eigenvalue weighted by molar-refractivity contribution is 0.374. The number of benzene rings is 3. The molecule has 0 bridgehead atoms. The Kier molecular flexibility index (Phi) is 7.43. The van der Waals surface area contributed by atoms with Gasteiger partial charge in [0, 0.05) is 37.3 Å². The zero-order chi connectivity index (χ0) is 23.1. The van der Waals surface area contributed by atoms with E-state index in [0.29, 0.717) is 0 Å². The van der Waals surface area contributed by atoms with E-state index in [0.717, 1.165) is 56.9 Å². The lowest BCUT2D eigenvalue weighted by Gasteiger charge is -2.39. The van der Waals surface area contributed by atoms with Crippen LogP contribution in [0.5, 0.6) is 11.5 Å². The topological polar surface area (TPSA) is 24.9 Å². The molecule has 3 aromatic carbocycles. The highest BCUT2D eigenvalue weighted by Gasteiger charge is 2.37. The quantitative estimate of drug-likeness (QED) is 0.415. The van der Waals surface area contributed by atoms with Gasteiger partial charge < -0.3 is 19.3 Å². The van der Waals surface area contributed by atoms with Crippen LogP contribution in [-0.2, 0) is 5.41 Å². The van der Waals surface area contributed by atoms with Gasteiger partial charge in [0.25, 0.3) is 0 Å². The van der Waals surface area contributed by atoms with Gasteiger partial charge in [-0.25, -0.2) is 0 Å². The lowest BCUT2D eigenvalue weighted by Crippen LogP contribution is -2.42. The average molecular weight is 445 g/mol. The Balaban J connectivity index is 1.68. The summed E-state index contributed by atoms with van der Waals surface area (Å²) in [6.45, 7) is 6.24. The molecular weight excluding hydrogens is 408 g/mol. The molecule has 0 aliphatic carbocycles. The SMILES string of the molecule is CCN(CC1(c2cccc(OC)c2)CCCN(c2ccccc2OC)CC1)c1ccccc1. The van der Waals surface area contributed by atoms with E-state index in [1.165, 1.54) is 16.9 Å². The third-order valence-corrected chi connectivity index (χ3v) is 7.05. The summed E-state index contributed by atoms with van der Waals surface area (Å²) in [6, 6.07) is 27.9. The Morgan fingerprint density at radius 3 is 2.39 bits per heavy atom. The number of anilines is 2. The Morgan fingerprint density at radius 2 is 1.64 bits per heavy atom. The first kappa shape index (κ1) is 23.0. The fourth-order valence-electron chi connectivity index (χ4n) is 5.21. The maximum atomic E-state index is 5.68. The number of nitrogens with zero attached hydrogens (tertiary/aromatic N) is 2. The number of methoxy groups -OCH3 is 2. The van der Waals surface area contributed by atoms with Gasteiger partial charge in [0.2, 0.25) is 0 Å². The van der Waals surface area contributed by atoms with Crippen molar-refractivity contribution in [2.24, 2.45) is 0 Å². The molecule has 1 saturated heterocycles. The first-order chi connectivity index (χ1) is 16.2. The molecule has 1 unspecified atom stereocenters. The Hall–Kier alpha value is -3.14. The Labute approximate surface area is 198 Å². The van der Waals surface area contributed by atoms with Gasteiger partial charge >= 0.3 is 0 Å². The van der Waals surface area contributed by atoms with Gasteiger partial charge in [-0.15, -0.1) is 0 Å². The van der Waals surface area contributed by atoms with Crippen molar-refractivity contribution in [3.63, 3.8) is 0 Å². The fraction of sp³-hybridized carbons (Fsp3) is 0.379. The molecule has 4 heteroatoms. The van der Waals surface area contributed by atoms with E-state index < -0.39 is 0 Å². The van der Waals surface area contributed by atoms with E-state index in [1.807, 2.05) is 12.1 Å². The summed E-state index contributed by atoms with van der Waals surface area (Å²) >= 11 is 0. The average Bonchev–Trinajstić information content (AvgIpc) is 3.11. The van der Waals surface area contributed by atoms with E-state index >= 15 is 0 Å². The number of likely N-dealkylation sites (N-methyl/N-ethyl adjacent to an activating group) is 1. The maximum absolute atomic E-state index is 5.68. The van der Waals surface area contributed by atoms with Crippen molar-refractivity contribution in [1.29, 1.82) is 0 Å². The normalized spacial score (nSPS) is 18.5. The molecule has 0 N–H and O–H groups in total. The van der Waals surface area contributed by atoms with Crippen molar-refractivity contribution in [2.75, 3.05) is 50.2 Å². The fourth-order valence-corrected chi connectivity index (χ4v) is 5.21. The second-order valence-electron chi connectivity index (χ2n) is 8.87. The van der Waals surface area contributed by atoms with Gasteiger partial charge in [0.15, 0.2) is 0 Å². The number of hydrogen-bond donors (Lipinski definition) is 0. The van der Waals surface area contributed by atoms with Crippen molar-refractivity contribution in [1.82, 2.24) is 0 Å². The summed E-state index contributed by atoms with van der Waals surface area (Å²) in [4.78, 5) is 5.03. The highest BCUT2D eigenvalue weighted by Crippen LogP contribution is 2.40. The lowest BCUT2D eigenvalue weighted by atomic mass is 9.74. The summed E-state index contributed by atoms with van der Waals surface area (Å²) < 4.78 is 11.3. The largest absolute Gasteiger partial charge is 0.497 e. The van der Waals surface area contributed by atoms with E-state index in [2.05, 4.69) is 83.5 Å². The van der Waals surface area contributed by atoms with Crippen LogP contribution in [0.25, 0.3) is 0 Å². The summed E-state index contributed by atoms with van der Waals surface area (Å²) in [7, 11) is 3.51. The highest BCUT2D eigenvalue weighted by atomic mass is 16.5. The molecule has 0 spiro atoms. The molecule has 1 atom stereocenters. The number of ether oxygens (including phenoxy) is 2. The van der Waals surface area contributed by atoms with Crippen molar-refractivity contribution >= 4 is 11.4 Å². The summed E-state index contributed by atoms with van der Waals surface area (Å²) in [6.07, 6.45) is 3.33. The molecule has 1 aliphatic rings. The molecule has 174 valence electrons. The molecule has 0 amide bonds. The van der Waals surface area contributed by atoms with E-state index in [4.69, 9.17) is 9.47 Å². The van der Waals surface area contributed by atoms with E-state index in [-0.39, 0.29) is 5.41 Å². The molecule has 4 rings (SSSR count). The van der Waals surface area contributed by atoms with Crippen LogP contribution in [0.1, 0.15) is 31.7 Å². The molecular formula is C29H36N2O2. The highest BCUT2D eigenvalue weighted by molar-refractivity contribution is 5.58. The minimum Gasteiger partial charge on any atom is -0.497 e. The summed E-state index contributed by atoms with van der Waals surface area (Å²) in [5, 5.41) is 0. The van der Waals surface area contributed by atoms with Crippen LogP contribution < -0.4 is 19.3 Å². The minimum absolute atomic E-state index is 0.0388. The zero-order valence-corrected chi connectivity index (χ0v) is 20.2. The van der Waals surface area contributed by atoms with Gasteiger partial charge in [-0.1, -0.05) is 42.5 Å². The zero-order valence-electron chi connectivity index (χ0n) is 20.2. The molecule has 1 aliphatic heterocycles. The smallest absolute Gasteiger partial charge is 0.142 e. The summed E-state index contributed by atoms with van der Waals surface area (Å²) in [5.74, 6) is 1.88. The Morgan fingerprint density at radius 1 is 0.848 bits per heavy atom. The minimum atomic E-state index is 0.0388. The monoisotopic (exact) mass is 444 g/mol. The Bertz CT molecular complexity index is 1020. The van der Waals surface area contributed by atoms with E-state index in [9.17, 15) is 0 Å². The number of para-hydroxylation sites is 3. The van der Waals surface area contributed by atoms with Gasteiger partial charge in [-0.05, 0) is 68.1 Å². The van der Waals surface area contributed by atoms with Crippen LogP contribution >= 0.6 is 0 Å². The second kappa shape index (κ2) is 10.7. The van der Waals surface area contributed by atoms with Crippen molar-refractivity contribution in [3.05, 3.63) is 84.4 Å². The molecule has 0 aromatic heterocycles. The van der Waals surface area contributed by atoms with Crippen LogP contribution in [0.4, 0.5) is 11.4 Å². The summed E-state index contributed by atoms with van der Waals surface area (Å²) in [5.41, 5.74) is 3.89. The molecule has 0 saturated carbocycles. The molecule has 1 fully saturated rings. The number of hydrogen-bond acceptors (Lipinski definition) is 4. The first-order valence-electron chi connectivity index (χ1n) is 12.0. The predicted octanol–water partition coefficient (Wildman–Crippen LogP) is 6.16. The standard InChI is InChI=1S/C29H36N2O2/c1-4-30(25-13-6-5-7-14-25)23-29(24-12-10-15-26(22-24)32-2)18-11-20-31(21-19-29)27-16-8-9-17-28(27)33-3/h5-10,12-17,22H,4,11,18-21,23H2,1-3H3. The van der Waals surface area contributed by atoms with Gasteiger partial charge in [-0.3, -0.25) is 0 Å². The van der Waals surface area contributed by atoms with Gasteiger partial charge in [0.05, 0.1) is 19.9 Å². The maximum Gasteiger partial charge on any atom is 0.142 e. The van der Waals surface area contributed by atoms with Gasteiger partial charge in [0.1, 0.15) is 11.5 Å². The molecule has 3 aromatic rings. The molecule has 33 heavy (non-hydrogen) atoms. The van der Waals surface area contributed by atoms with Crippen molar-refractivity contribution in [3.8, 4) is 11.5 Å². The predicted molar refractivity (Wildman–Crippen MR) is 138 cm³/mol. The van der Waals surface area contributed by atoms with Gasteiger partial charge in [-0.2, -0.15) is 0 Å². The van der Waals surface area contributed by atoms with Crippen molar-refractivity contribution in [2.45, 2.75) is 31.6 Å². The van der Waals surface area contributed by atoms with Crippen LogP contribution in [-0.4, -0.2) is 40.4 Å². The third kappa shape index (κ3) is 5.11. The molecule has 4 nitrogen and oxygen atoms in total. The van der Waals surface area contributed by atoms with Crippen LogP contribution in [0.2, 0.25) is 0 Å².